The van der Waals surface area contributed by atoms with Crippen molar-refractivity contribution in [2.24, 2.45) is 0 Å². The smallest absolute Gasteiger partial charge is 0.236 e. The van der Waals surface area contributed by atoms with E-state index in [9.17, 15) is 8.42 Å². The highest BCUT2D eigenvalue weighted by Crippen LogP contribution is 2.27. The van der Waals surface area contributed by atoms with Gasteiger partial charge in [0.15, 0.2) is 0 Å². The van der Waals surface area contributed by atoms with Gasteiger partial charge in [0.05, 0.1) is 5.75 Å². The molecule has 0 saturated heterocycles. The summed E-state index contributed by atoms with van der Waals surface area (Å²) in [6.07, 6.45) is 3.18. The van der Waals surface area contributed by atoms with Crippen LogP contribution in [-0.4, -0.2) is 13.4 Å². The summed E-state index contributed by atoms with van der Waals surface area (Å²) < 4.78 is 27.4. The third-order valence-corrected chi connectivity index (χ3v) is 4.94. The highest BCUT2D eigenvalue weighted by atomic mass is 32.2. The van der Waals surface area contributed by atoms with Crippen LogP contribution in [0, 0.1) is 6.92 Å². The summed E-state index contributed by atoms with van der Waals surface area (Å²) in [6.45, 7) is 2.01. The minimum atomic E-state index is -3.49. The Kier molecular flexibility index (Phi) is 4.62. The van der Waals surface area contributed by atoms with Crippen LogP contribution in [0.4, 0.5) is 5.69 Å². The van der Waals surface area contributed by atoms with Gasteiger partial charge in [-0.1, -0.05) is 42.5 Å². The number of nitrogens with zero attached hydrogens (tertiary/aromatic N) is 1. The fourth-order valence-electron chi connectivity index (χ4n) is 2.53. The van der Waals surface area contributed by atoms with Gasteiger partial charge in [-0.25, -0.2) is 8.42 Å². The number of pyridine rings is 1. The average Bonchev–Trinajstić information content (AvgIpc) is 2.57. The van der Waals surface area contributed by atoms with E-state index in [-0.39, 0.29) is 5.75 Å². The number of sulfonamides is 1. The van der Waals surface area contributed by atoms with Crippen molar-refractivity contribution < 1.29 is 8.42 Å². The van der Waals surface area contributed by atoms with Gasteiger partial charge in [-0.15, -0.1) is 0 Å². The van der Waals surface area contributed by atoms with Crippen molar-refractivity contribution in [3.05, 3.63) is 84.2 Å². The zero-order valence-electron chi connectivity index (χ0n) is 13.3. The van der Waals surface area contributed by atoms with Gasteiger partial charge in [-0.2, -0.15) is 0 Å². The molecule has 0 fully saturated rings. The van der Waals surface area contributed by atoms with Gasteiger partial charge < -0.3 is 0 Å². The Labute approximate surface area is 142 Å². The van der Waals surface area contributed by atoms with E-state index in [4.69, 9.17) is 0 Å². The number of hydrogen-bond acceptors (Lipinski definition) is 3. The molecule has 0 unspecified atom stereocenters. The molecule has 5 heteroatoms. The molecule has 0 radical (unpaired) electrons. The Balaban J connectivity index is 1.85. The molecule has 3 rings (SSSR count). The number of benzene rings is 2. The molecule has 0 aliphatic carbocycles. The largest absolute Gasteiger partial charge is 0.283 e. The fourth-order valence-corrected chi connectivity index (χ4v) is 3.70. The standard InChI is InChI=1S/C19H18N2O2S/c1-15-9-10-18(12-19(15)17-7-3-2-4-8-17)21-24(22,23)14-16-6-5-11-20-13-16/h2-13,21H,14H2,1H3. The summed E-state index contributed by atoms with van der Waals surface area (Å²) in [5.74, 6) is -0.102. The zero-order chi connectivity index (χ0) is 17.0. The van der Waals surface area contributed by atoms with Gasteiger partial charge >= 0.3 is 0 Å². The molecule has 0 atom stereocenters. The molecule has 0 aliphatic heterocycles. The number of anilines is 1. The first-order chi connectivity index (χ1) is 11.5. The molecule has 1 heterocycles. The molecule has 24 heavy (non-hydrogen) atoms. The van der Waals surface area contributed by atoms with Gasteiger partial charge in [0.1, 0.15) is 0 Å². The van der Waals surface area contributed by atoms with Gasteiger partial charge in [-0.3, -0.25) is 9.71 Å². The van der Waals surface area contributed by atoms with E-state index < -0.39 is 10.0 Å². The lowest BCUT2D eigenvalue weighted by molar-refractivity contribution is 0.600. The van der Waals surface area contributed by atoms with E-state index in [2.05, 4.69) is 9.71 Å². The van der Waals surface area contributed by atoms with Crippen molar-refractivity contribution >= 4 is 15.7 Å². The number of aryl methyl sites for hydroxylation is 1. The SMILES string of the molecule is Cc1ccc(NS(=O)(=O)Cc2cccnc2)cc1-c1ccccc1. The summed E-state index contributed by atoms with van der Waals surface area (Å²) in [5, 5.41) is 0. The van der Waals surface area contributed by atoms with Crippen LogP contribution in [-0.2, 0) is 15.8 Å². The second-order valence-electron chi connectivity index (χ2n) is 5.62. The molecule has 2 aromatic carbocycles. The lowest BCUT2D eigenvalue weighted by atomic mass is 10.0. The molecule has 4 nitrogen and oxygen atoms in total. The van der Waals surface area contributed by atoms with Gasteiger partial charge in [0.2, 0.25) is 10.0 Å². The second kappa shape index (κ2) is 6.84. The molecular weight excluding hydrogens is 320 g/mol. The maximum atomic E-state index is 12.4. The van der Waals surface area contributed by atoms with Gasteiger partial charge in [0, 0.05) is 18.1 Å². The van der Waals surface area contributed by atoms with Crippen molar-refractivity contribution in [2.45, 2.75) is 12.7 Å². The Bertz CT molecular complexity index is 924. The van der Waals surface area contributed by atoms with E-state index in [1.54, 1.807) is 30.6 Å². The van der Waals surface area contributed by atoms with Crippen LogP contribution in [0.15, 0.2) is 73.1 Å². The molecule has 0 aliphatic rings. The lowest BCUT2D eigenvalue weighted by Gasteiger charge is -2.12. The van der Waals surface area contributed by atoms with Crippen LogP contribution in [0.25, 0.3) is 11.1 Å². The van der Waals surface area contributed by atoms with Crippen molar-refractivity contribution in [1.82, 2.24) is 4.98 Å². The van der Waals surface area contributed by atoms with Gasteiger partial charge in [0.25, 0.3) is 0 Å². The van der Waals surface area contributed by atoms with E-state index >= 15 is 0 Å². The van der Waals surface area contributed by atoms with Crippen molar-refractivity contribution in [1.29, 1.82) is 0 Å². The monoisotopic (exact) mass is 338 g/mol. The minimum absolute atomic E-state index is 0.102. The number of hydrogen-bond donors (Lipinski definition) is 1. The van der Waals surface area contributed by atoms with Crippen LogP contribution in [0.1, 0.15) is 11.1 Å². The quantitative estimate of drug-likeness (QED) is 0.765. The Hall–Kier alpha value is -2.66. The summed E-state index contributed by atoms with van der Waals surface area (Å²) in [5.41, 5.74) is 4.38. The van der Waals surface area contributed by atoms with Crippen LogP contribution < -0.4 is 4.72 Å². The Morgan fingerprint density at radius 1 is 1.00 bits per heavy atom. The summed E-state index contributed by atoms with van der Waals surface area (Å²) in [7, 11) is -3.49. The third kappa shape index (κ3) is 4.00. The number of aromatic nitrogens is 1. The summed E-state index contributed by atoms with van der Waals surface area (Å²) >= 11 is 0. The summed E-state index contributed by atoms with van der Waals surface area (Å²) in [4.78, 5) is 3.95. The first-order valence-corrected chi connectivity index (χ1v) is 9.24. The van der Waals surface area contributed by atoms with Crippen LogP contribution in [0.5, 0.6) is 0 Å². The maximum absolute atomic E-state index is 12.4. The van der Waals surface area contributed by atoms with Crippen molar-refractivity contribution in [3.63, 3.8) is 0 Å². The predicted octanol–water partition coefficient (Wildman–Crippen LogP) is 4.00. The first kappa shape index (κ1) is 16.2. The van der Waals surface area contributed by atoms with E-state index in [0.717, 1.165) is 16.7 Å². The van der Waals surface area contributed by atoms with E-state index in [1.165, 1.54) is 0 Å². The molecule has 0 saturated carbocycles. The first-order valence-electron chi connectivity index (χ1n) is 7.59. The molecule has 122 valence electrons. The zero-order valence-corrected chi connectivity index (χ0v) is 14.1. The average molecular weight is 338 g/mol. The van der Waals surface area contributed by atoms with Crippen LogP contribution >= 0.6 is 0 Å². The van der Waals surface area contributed by atoms with Crippen LogP contribution in [0.2, 0.25) is 0 Å². The van der Waals surface area contributed by atoms with Crippen molar-refractivity contribution in [3.8, 4) is 11.1 Å². The topological polar surface area (TPSA) is 59.1 Å². The third-order valence-electron chi connectivity index (χ3n) is 3.68. The van der Waals surface area contributed by atoms with E-state index in [1.807, 2.05) is 49.4 Å². The molecule has 0 spiro atoms. The van der Waals surface area contributed by atoms with Crippen LogP contribution in [0.3, 0.4) is 0 Å². The number of nitrogens with one attached hydrogen (secondary N) is 1. The minimum Gasteiger partial charge on any atom is -0.283 e. The lowest BCUT2D eigenvalue weighted by Crippen LogP contribution is -2.15. The molecule has 0 bridgehead atoms. The molecule has 1 N–H and O–H groups in total. The van der Waals surface area contributed by atoms with E-state index in [0.29, 0.717) is 11.3 Å². The molecule has 0 amide bonds. The summed E-state index contributed by atoms with van der Waals surface area (Å²) in [6, 6.07) is 19.0. The van der Waals surface area contributed by atoms with Gasteiger partial charge in [-0.05, 0) is 47.4 Å². The number of rotatable bonds is 5. The normalized spacial score (nSPS) is 11.2. The molecule has 1 aromatic heterocycles. The molecular formula is C19H18N2O2S. The maximum Gasteiger partial charge on any atom is 0.236 e. The Morgan fingerprint density at radius 2 is 1.79 bits per heavy atom. The molecule has 3 aromatic rings. The fraction of sp³-hybridized carbons (Fsp3) is 0.105. The second-order valence-corrected chi connectivity index (χ2v) is 7.34. The highest BCUT2D eigenvalue weighted by Gasteiger charge is 2.13. The van der Waals surface area contributed by atoms with Crippen molar-refractivity contribution in [2.75, 3.05) is 4.72 Å². The Morgan fingerprint density at radius 3 is 2.50 bits per heavy atom. The predicted molar refractivity (Wildman–Crippen MR) is 97.1 cm³/mol. The highest BCUT2D eigenvalue weighted by molar-refractivity contribution is 7.91.